The molecule has 9 rings (SSSR count). The fourth-order valence-corrected chi connectivity index (χ4v) is 7.38. The summed E-state index contributed by atoms with van der Waals surface area (Å²) in [7, 11) is 0. The van der Waals surface area contributed by atoms with E-state index in [1.165, 1.54) is 11.1 Å². The molecule has 3 heterocycles. The van der Waals surface area contributed by atoms with Gasteiger partial charge in [0.05, 0.1) is 28.0 Å². The Hall–Kier alpha value is -6.26. The third-order valence-electron chi connectivity index (χ3n) is 9.66. The normalized spacial score (nSPS) is 11.6. The minimum atomic E-state index is 0.628. The Labute approximate surface area is 285 Å². The van der Waals surface area contributed by atoms with Gasteiger partial charge in [-0.1, -0.05) is 115 Å². The number of rotatable bonds is 5. The van der Waals surface area contributed by atoms with Crippen molar-refractivity contribution in [1.82, 2.24) is 14.5 Å². The van der Waals surface area contributed by atoms with Crippen molar-refractivity contribution in [2.45, 2.75) is 20.8 Å². The van der Waals surface area contributed by atoms with Crippen LogP contribution in [0.1, 0.15) is 16.7 Å². The fourth-order valence-electron chi connectivity index (χ4n) is 7.38. The molecule has 6 aromatic carbocycles. The van der Waals surface area contributed by atoms with Crippen molar-refractivity contribution >= 4 is 33.1 Å². The van der Waals surface area contributed by atoms with Crippen molar-refractivity contribution in [2.75, 3.05) is 0 Å². The van der Waals surface area contributed by atoms with Crippen LogP contribution in [0.25, 0.3) is 83.7 Å². The van der Waals surface area contributed by atoms with Crippen LogP contribution in [0.5, 0.6) is 0 Å². The Morgan fingerprint density at radius 1 is 0.510 bits per heavy atom. The van der Waals surface area contributed by atoms with Crippen molar-refractivity contribution in [3.63, 3.8) is 0 Å². The fraction of sp³-hybridized carbons (Fsp3) is 0.0667. The maximum absolute atomic E-state index is 6.81. The van der Waals surface area contributed by atoms with E-state index in [1.807, 2.05) is 0 Å². The van der Waals surface area contributed by atoms with E-state index < -0.39 is 0 Å². The first kappa shape index (κ1) is 28.9. The third-order valence-corrected chi connectivity index (χ3v) is 9.66. The van der Waals surface area contributed by atoms with Crippen LogP contribution in [0.2, 0.25) is 0 Å². The summed E-state index contributed by atoms with van der Waals surface area (Å²) >= 11 is 0. The predicted molar refractivity (Wildman–Crippen MR) is 202 cm³/mol. The van der Waals surface area contributed by atoms with Crippen LogP contribution in [0.4, 0.5) is 0 Å². The second-order valence-electron chi connectivity index (χ2n) is 12.7. The number of pyridine rings is 1. The van der Waals surface area contributed by atoms with Gasteiger partial charge < -0.3 is 4.42 Å². The summed E-state index contributed by atoms with van der Waals surface area (Å²) in [5.74, 6) is 0.820. The van der Waals surface area contributed by atoms with Gasteiger partial charge in [0.15, 0.2) is 0 Å². The predicted octanol–water partition coefficient (Wildman–Crippen LogP) is 11.9. The maximum atomic E-state index is 6.81. The van der Waals surface area contributed by atoms with Crippen LogP contribution in [0.15, 0.2) is 150 Å². The van der Waals surface area contributed by atoms with Gasteiger partial charge in [0.25, 0.3) is 0 Å². The molecule has 9 aromatic rings. The topological polar surface area (TPSA) is 43.9 Å². The molecular formula is C45H33N3O. The summed E-state index contributed by atoms with van der Waals surface area (Å²) in [4.78, 5) is 10.5. The molecule has 0 spiro atoms. The van der Waals surface area contributed by atoms with E-state index in [-0.39, 0.29) is 0 Å². The highest BCUT2D eigenvalue weighted by atomic mass is 16.3. The zero-order valence-corrected chi connectivity index (χ0v) is 27.6. The first-order valence-corrected chi connectivity index (χ1v) is 16.7. The molecule has 0 atom stereocenters. The lowest BCUT2D eigenvalue weighted by molar-refractivity contribution is 0.655. The lowest BCUT2D eigenvalue weighted by Crippen LogP contribution is -2.03. The highest BCUT2D eigenvalue weighted by molar-refractivity contribution is 6.11. The molecule has 4 nitrogen and oxygen atoms in total. The molecule has 3 aromatic heterocycles. The van der Waals surface area contributed by atoms with E-state index in [4.69, 9.17) is 14.4 Å². The quantitative estimate of drug-likeness (QED) is 0.190. The minimum Gasteiger partial charge on any atom is -0.437 e. The molecule has 0 amide bonds. The highest BCUT2D eigenvalue weighted by Gasteiger charge is 2.25. The van der Waals surface area contributed by atoms with Crippen molar-refractivity contribution in [3.05, 3.63) is 162 Å². The van der Waals surface area contributed by atoms with Gasteiger partial charge in [-0.05, 0) is 78.9 Å². The smallest absolute Gasteiger partial charge is 0.227 e. The molecule has 0 saturated carbocycles. The van der Waals surface area contributed by atoms with Crippen LogP contribution in [0, 0.1) is 20.8 Å². The first-order chi connectivity index (χ1) is 24.1. The molecule has 0 fully saturated rings. The summed E-state index contributed by atoms with van der Waals surface area (Å²) < 4.78 is 9.14. The first-order valence-electron chi connectivity index (χ1n) is 16.7. The summed E-state index contributed by atoms with van der Waals surface area (Å²) in [5, 5.41) is 2.06. The number of hydrogen-bond donors (Lipinski definition) is 0. The molecule has 0 unspecified atom stereocenters. The van der Waals surface area contributed by atoms with Crippen LogP contribution in [-0.4, -0.2) is 14.5 Å². The monoisotopic (exact) mass is 631 g/mol. The van der Waals surface area contributed by atoms with E-state index in [9.17, 15) is 0 Å². The summed E-state index contributed by atoms with van der Waals surface area (Å²) in [6, 6.07) is 51.1. The largest absolute Gasteiger partial charge is 0.437 e. The molecule has 0 aliphatic carbocycles. The molecule has 0 saturated heterocycles. The van der Waals surface area contributed by atoms with Gasteiger partial charge in [0, 0.05) is 27.5 Å². The summed E-state index contributed by atoms with van der Waals surface area (Å²) in [5.41, 5.74) is 15.5. The number of nitrogens with zero attached hydrogens (tertiary/aromatic N) is 3. The number of fused-ring (bicyclic) bond motifs is 4. The molecule has 234 valence electrons. The van der Waals surface area contributed by atoms with E-state index in [1.54, 1.807) is 0 Å². The number of imidazole rings is 1. The Morgan fingerprint density at radius 3 is 1.84 bits per heavy atom. The zero-order chi connectivity index (χ0) is 33.1. The second kappa shape index (κ2) is 11.5. The van der Waals surface area contributed by atoms with Crippen molar-refractivity contribution in [2.24, 2.45) is 0 Å². The second-order valence-corrected chi connectivity index (χ2v) is 12.7. The molecule has 0 radical (unpaired) electrons. The third kappa shape index (κ3) is 4.68. The van der Waals surface area contributed by atoms with Crippen LogP contribution in [0.3, 0.4) is 0 Å². The van der Waals surface area contributed by atoms with E-state index >= 15 is 0 Å². The van der Waals surface area contributed by atoms with Crippen molar-refractivity contribution in [1.29, 1.82) is 0 Å². The Bertz CT molecular complexity index is 2610. The number of aryl methyl sites for hydroxylation is 3. The Balaban J connectivity index is 1.36. The molecule has 4 heteroatoms. The van der Waals surface area contributed by atoms with Crippen molar-refractivity contribution < 1.29 is 4.42 Å². The van der Waals surface area contributed by atoms with Gasteiger partial charge in [-0.15, -0.1) is 0 Å². The van der Waals surface area contributed by atoms with E-state index in [0.29, 0.717) is 5.71 Å². The molecule has 0 aliphatic rings. The van der Waals surface area contributed by atoms with Gasteiger partial charge in [0.1, 0.15) is 11.4 Å². The Morgan fingerprint density at radius 2 is 1.14 bits per heavy atom. The maximum Gasteiger partial charge on any atom is 0.227 e. The molecule has 0 aliphatic heterocycles. The minimum absolute atomic E-state index is 0.628. The summed E-state index contributed by atoms with van der Waals surface area (Å²) in [6.07, 6.45) is 0. The van der Waals surface area contributed by atoms with Crippen molar-refractivity contribution in [3.8, 4) is 50.6 Å². The van der Waals surface area contributed by atoms with E-state index in [2.05, 4.69) is 171 Å². The average molecular weight is 632 g/mol. The zero-order valence-electron chi connectivity index (χ0n) is 27.6. The number of furan rings is 1. The number of aromatic nitrogens is 3. The van der Waals surface area contributed by atoms with Crippen LogP contribution in [-0.2, 0) is 0 Å². The van der Waals surface area contributed by atoms with Crippen LogP contribution >= 0.6 is 0 Å². The standard InChI is InChI=1S/C45H33N3O/c1-28-14-12-15-29(2)40(28)38-27-26-35-41-30(3)24-25-36(43(41)49-45(35)47-38)44-46-37-22-10-11-23-39(37)48(44)42-33(31-16-6-4-7-17-31)20-13-21-34(42)32-18-8-5-9-19-32/h4-27H,1-3H3. The molecule has 0 bridgehead atoms. The van der Waals surface area contributed by atoms with Gasteiger partial charge in [-0.2, -0.15) is 0 Å². The molecule has 0 N–H and O–H groups in total. The lowest BCUT2D eigenvalue weighted by Gasteiger charge is -2.20. The SMILES string of the molecule is Cc1cccc(C)c1-c1ccc2c(n1)oc1c(-c3nc4ccccc4n3-c3c(-c4ccccc4)cccc3-c3ccccc3)ccc(C)c12. The lowest BCUT2D eigenvalue weighted by atomic mass is 9.95. The van der Waals surface area contributed by atoms with Gasteiger partial charge >= 0.3 is 0 Å². The number of hydrogen-bond acceptors (Lipinski definition) is 3. The average Bonchev–Trinajstić information content (AvgIpc) is 3.71. The molecular weight excluding hydrogens is 599 g/mol. The number of benzene rings is 6. The summed E-state index contributed by atoms with van der Waals surface area (Å²) in [6.45, 7) is 6.41. The van der Waals surface area contributed by atoms with Gasteiger partial charge in [-0.3, -0.25) is 4.57 Å². The van der Waals surface area contributed by atoms with Crippen LogP contribution < -0.4 is 0 Å². The van der Waals surface area contributed by atoms with Gasteiger partial charge in [-0.25, -0.2) is 9.97 Å². The number of para-hydroxylation sites is 3. The Kier molecular flexibility index (Phi) is 6.77. The molecule has 49 heavy (non-hydrogen) atoms. The van der Waals surface area contributed by atoms with Gasteiger partial charge in [0.2, 0.25) is 5.71 Å². The van der Waals surface area contributed by atoms with E-state index in [0.717, 1.165) is 83.5 Å². The highest BCUT2D eigenvalue weighted by Crippen LogP contribution is 2.43.